The molecular weight excluding hydrogens is 462 g/mol. The molecule has 0 spiro atoms. The molecule has 4 aromatic rings. The molecule has 0 N–H and O–H groups in total. The van der Waals surface area contributed by atoms with E-state index in [-0.39, 0.29) is 5.60 Å². The van der Waals surface area contributed by atoms with Crippen LogP contribution < -0.4 is 9.47 Å². The summed E-state index contributed by atoms with van der Waals surface area (Å²) >= 11 is 6.78. The van der Waals surface area contributed by atoms with Crippen molar-refractivity contribution >= 4 is 22.6 Å². The standard InChI is InChI=1S/C27H30ClN5O2/c1-18-7-11-29-19(15-18)17-33-23-8-12-30-26(35-27(2)9-10-27)24(23)31-25(33)21-6-5-20(16-22(21)28)34-14-13-32(3)4/h5-8,11-12,15-16H,9-10,13-14,17H2,1-4H3. The van der Waals surface area contributed by atoms with Crippen LogP contribution in [0.15, 0.2) is 48.8 Å². The highest BCUT2D eigenvalue weighted by Gasteiger charge is 2.41. The Morgan fingerprint density at radius 1 is 1.09 bits per heavy atom. The van der Waals surface area contributed by atoms with Crippen LogP contribution in [0, 0.1) is 6.92 Å². The van der Waals surface area contributed by atoms with Crippen LogP contribution in [0.25, 0.3) is 22.4 Å². The molecule has 1 saturated carbocycles. The van der Waals surface area contributed by atoms with E-state index in [0.717, 1.165) is 58.8 Å². The van der Waals surface area contributed by atoms with Crippen LogP contribution in [-0.2, 0) is 6.54 Å². The fourth-order valence-electron chi connectivity index (χ4n) is 3.94. The summed E-state index contributed by atoms with van der Waals surface area (Å²) in [5.74, 6) is 2.03. The second kappa shape index (κ2) is 9.47. The molecule has 3 heterocycles. The molecule has 1 fully saturated rings. The van der Waals surface area contributed by atoms with E-state index in [1.54, 1.807) is 6.20 Å². The maximum Gasteiger partial charge on any atom is 0.242 e. The van der Waals surface area contributed by atoms with E-state index in [1.807, 2.05) is 50.6 Å². The minimum absolute atomic E-state index is 0.160. The number of rotatable bonds is 9. The molecule has 1 aliphatic rings. The molecule has 0 bridgehead atoms. The topological polar surface area (TPSA) is 65.3 Å². The number of aromatic nitrogens is 4. The number of hydrogen-bond donors (Lipinski definition) is 0. The van der Waals surface area contributed by atoms with Crippen LogP contribution in [0.2, 0.25) is 5.02 Å². The Morgan fingerprint density at radius 3 is 2.60 bits per heavy atom. The highest BCUT2D eigenvalue weighted by molar-refractivity contribution is 6.33. The van der Waals surface area contributed by atoms with Gasteiger partial charge in [0, 0.05) is 24.5 Å². The lowest BCUT2D eigenvalue weighted by atomic mass is 10.2. The molecule has 0 saturated heterocycles. The van der Waals surface area contributed by atoms with E-state index in [1.165, 1.54) is 0 Å². The second-order valence-corrected chi connectivity index (χ2v) is 10.1. The quantitative estimate of drug-likeness (QED) is 0.313. The molecule has 35 heavy (non-hydrogen) atoms. The Hall–Kier alpha value is -3.16. The number of halogens is 1. The summed E-state index contributed by atoms with van der Waals surface area (Å²) in [4.78, 5) is 16.2. The molecule has 3 aromatic heterocycles. The number of nitrogens with zero attached hydrogens (tertiary/aromatic N) is 5. The van der Waals surface area contributed by atoms with Gasteiger partial charge >= 0.3 is 0 Å². The van der Waals surface area contributed by atoms with Crippen LogP contribution >= 0.6 is 11.6 Å². The maximum atomic E-state index is 6.78. The molecule has 0 atom stereocenters. The van der Waals surface area contributed by atoms with Gasteiger partial charge in [-0.2, -0.15) is 0 Å². The molecule has 8 heteroatoms. The SMILES string of the molecule is Cc1ccnc(Cn2c(-c3ccc(OCCN(C)C)cc3Cl)nc3c(OC4(C)CC4)nccc32)c1. The van der Waals surface area contributed by atoms with Gasteiger partial charge in [-0.05, 0) is 82.7 Å². The van der Waals surface area contributed by atoms with Gasteiger partial charge in [0.2, 0.25) is 5.88 Å². The summed E-state index contributed by atoms with van der Waals surface area (Å²) in [7, 11) is 4.03. The highest BCUT2D eigenvalue weighted by Crippen LogP contribution is 2.41. The lowest BCUT2D eigenvalue weighted by Gasteiger charge is -2.13. The van der Waals surface area contributed by atoms with Crippen molar-refractivity contribution in [3.8, 4) is 23.0 Å². The van der Waals surface area contributed by atoms with Crippen LogP contribution in [0.1, 0.15) is 31.0 Å². The normalized spacial score (nSPS) is 14.5. The van der Waals surface area contributed by atoms with E-state index in [0.29, 0.717) is 24.1 Å². The van der Waals surface area contributed by atoms with Gasteiger partial charge in [0.15, 0.2) is 5.52 Å². The average molecular weight is 492 g/mol. The highest BCUT2D eigenvalue weighted by atomic mass is 35.5. The summed E-state index contributed by atoms with van der Waals surface area (Å²) in [6, 6.07) is 11.8. The summed E-state index contributed by atoms with van der Waals surface area (Å²) in [6.45, 7) is 6.13. The molecule has 0 radical (unpaired) electrons. The Labute approximate surface area is 210 Å². The van der Waals surface area contributed by atoms with Crippen molar-refractivity contribution in [2.75, 3.05) is 27.2 Å². The Morgan fingerprint density at radius 2 is 1.89 bits per heavy atom. The fourth-order valence-corrected chi connectivity index (χ4v) is 4.20. The zero-order chi connectivity index (χ0) is 24.6. The Balaban J connectivity index is 1.57. The molecular formula is C27H30ClN5O2. The van der Waals surface area contributed by atoms with E-state index in [4.69, 9.17) is 26.1 Å². The number of fused-ring (bicyclic) bond motifs is 1. The number of benzene rings is 1. The zero-order valence-corrected chi connectivity index (χ0v) is 21.3. The molecule has 7 nitrogen and oxygen atoms in total. The van der Waals surface area contributed by atoms with Gasteiger partial charge in [-0.25, -0.2) is 9.97 Å². The largest absolute Gasteiger partial charge is 0.492 e. The molecule has 5 rings (SSSR count). The van der Waals surface area contributed by atoms with Crippen LogP contribution in [0.3, 0.4) is 0 Å². The number of pyridine rings is 2. The third-order valence-electron chi connectivity index (χ3n) is 6.21. The van der Waals surface area contributed by atoms with Crippen LogP contribution in [0.4, 0.5) is 0 Å². The van der Waals surface area contributed by atoms with Crippen molar-refractivity contribution in [3.63, 3.8) is 0 Å². The van der Waals surface area contributed by atoms with Crippen molar-refractivity contribution in [1.82, 2.24) is 24.4 Å². The van der Waals surface area contributed by atoms with Gasteiger partial charge in [0.25, 0.3) is 0 Å². The summed E-state index contributed by atoms with van der Waals surface area (Å²) in [5, 5.41) is 0.575. The first-order valence-electron chi connectivity index (χ1n) is 11.8. The monoisotopic (exact) mass is 491 g/mol. The predicted octanol–water partition coefficient (Wildman–Crippen LogP) is 5.38. The number of ether oxygens (including phenoxy) is 2. The minimum Gasteiger partial charge on any atom is -0.492 e. The summed E-state index contributed by atoms with van der Waals surface area (Å²) in [5.41, 5.74) is 4.42. The summed E-state index contributed by atoms with van der Waals surface area (Å²) < 4.78 is 14.3. The smallest absolute Gasteiger partial charge is 0.242 e. The molecule has 182 valence electrons. The van der Waals surface area contributed by atoms with E-state index in [2.05, 4.69) is 39.3 Å². The first kappa shape index (κ1) is 23.6. The van der Waals surface area contributed by atoms with Crippen molar-refractivity contribution < 1.29 is 9.47 Å². The molecule has 0 aliphatic heterocycles. The predicted molar refractivity (Wildman–Crippen MR) is 138 cm³/mol. The number of likely N-dealkylation sites (N-methyl/N-ethyl adjacent to an activating group) is 1. The third-order valence-corrected chi connectivity index (χ3v) is 6.52. The van der Waals surface area contributed by atoms with Gasteiger partial charge in [-0.1, -0.05) is 11.6 Å². The number of aryl methyl sites for hydroxylation is 1. The second-order valence-electron chi connectivity index (χ2n) is 9.68. The van der Waals surface area contributed by atoms with Gasteiger partial charge in [-0.3, -0.25) is 4.98 Å². The van der Waals surface area contributed by atoms with Crippen molar-refractivity contribution in [3.05, 3.63) is 65.1 Å². The Kier molecular flexibility index (Phi) is 6.38. The number of hydrogen-bond acceptors (Lipinski definition) is 6. The fraction of sp³-hybridized carbons (Fsp3) is 0.370. The first-order chi connectivity index (χ1) is 16.8. The van der Waals surface area contributed by atoms with E-state index in [9.17, 15) is 0 Å². The van der Waals surface area contributed by atoms with Gasteiger partial charge in [0.05, 0.1) is 22.8 Å². The van der Waals surface area contributed by atoms with Crippen molar-refractivity contribution in [2.45, 2.75) is 38.8 Å². The van der Waals surface area contributed by atoms with Crippen molar-refractivity contribution in [2.24, 2.45) is 0 Å². The average Bonchev–Trinajstić information content (AvgIpc) is 3.42. The van der Waals surface area contributed by atoms with E-state index >= 15 is 0 Å². The van der Waals surface area contributed by atoms with Gasteiger partial charge in [-0.15, -0.1) is 0 Å². The molecule has 0 unspecified atom stereocenters. The summed E-state index contributed by atoms with van der Waals surface area (Å²) in [6.07, 6.45) is 5.65. The zero-order valence-electron chi connectivity index (χ0n) is 20.6. The lowest BCUT2D eigenvalue weighted by Crippen LogP contribution is -2.19. The lowest BCUT2D eigenvalue weighted by molar-refractivity contribution is 0.194. The first-order valence-corrected chi connectivity index (χ1v) is 12.2. The molecule has 0 amide bonds. The van der Waals surface area contributed by atoms with E-state index < -0.39 is 0 Å². The minimum atomic E-state index is -0.160. The van der Waals surface area contributed by atoms with Crippen molar-refractivity contribution in [1.29, 1.82) is 0 Å². The number of imidazole rings is 1. The van der Waals surface area contributed by atoms with Gasteiger partial charge in [0.1, 0.15) is 23.8 Å². The molecule has 1 aromatic carbocycles. The van der Waals surface area contributed by atoms with Gasteiger partial charge < -0.3 is 18.9 Å². The van der Waals surface area contributed by atoms with Crippen LogP contribution in [0.5, 0.6) is 11.6 Å². The van der Waals surface area contributed by atoms with Crippen LogP contribution in [-0.4, -0.2) is 57.3 Å². The Bertz CT molecular complexity index is 1360. The maximum absolute atomic E-state index is 6.78. The third kappa shape index (κ3) is 5.26. The molecule has 1 aliphatic carbocycles.